The first-order chi connectivity index (χ1) is 9.81. The number of nitrogens with zero attached hydrogens (tertiary/aromatic N) is 1. The van der Waals surface area contributed by atoms with E-state index in [1.54, 1.807) is 12.1 Å². The van der Waals surface area contributed by atoms with Gasteiger partial charge in [0, 0.05) is 22.0 Å². The molecule has 0 saturated carbocycles. The molecule has 0 aliphatic heterocycles. The van der Waals surface area contributed by atoms with E-state index >= 15 is 0 Å². The Labute approximate surface area is 143 Å². The molecule has 0 aliphatic carbocycles. The number of benzene rings is 1. The van der Waals surface area contributed by atoms with Crippen molar-refractivity contribution in [2.45, 2.75) is 25.2 Å². The first kappa shape index (κ1) is 18.9. The summed E-state index contributed by atoms with van der Waals surface area (Å²) in [6.07, 6.45) is 1.05. The first-order valence-electron chi connectivity index (χ1n) is 6.78. The van der Waals surface area contributed by atoms with Crippen LogP contribution in [0.4, 0.5) is 5.69 Å². The molecule has 1 aromatic rings. The Kier molecular flexibility index (Phi) is 7.63. The summed E-state index contributed by atoms with van der Waals surface area (Å²) in [4.78, 5) is 2.28. The molecule has 0 amide bonds. The number of rotatable bonds is 8. The van der Waals surface area contributed by atoms with Crippen LogP contribution >= 0.6 is 31.9 Å². The van der Waals surface area contributed by atoms with E-state index in [9.17, 15) is 8.42 Å². The van der Waals surface area contributed by atoms with Gasteiger partial charge in [0.05, 0.1) is 5.69 Å². The summed E-state index contributed by atoms with van der Waals surface area (Å²) in [5, 5.41) is 0. The number of nitrogens with one attached hydrogen (secondary N) is 1. The minimum atomic E-state index is -3.63. The second kappa shape index (κ2) is 8.47. The summed E-state index contributed by atoms with van der Waals surface area (Å²) >= 11 is 6.53. The Hall–Kier alpha value is -0.150. The molecule has 0 radical (unpaired) electrons. The summed E-state index contributed by atoms with van der Waals surface area (Å²) in [6.45, 7) is 7.07. The van der Waals surface area contributed by atoms with Gasteiger partial charge in [-0.3, -0.25) is 0 Å². The highest BCUT2D eigenvalue weighted by Gasteiger charge is 2.21. The van der Waals surface area contributed by atoms with Crippen molar-refractivity contribution in [3.8, 4) is 0 Å². The normalized spacial score (nSPS) is 12.0. The van der Waals surface area contributed by atoms with Crippen molar-refractivity contribution < 1.29 is 8.42 Å². The molecule has 0 spiro atoms. The SMILES string of the molecule is CCCN(CC)CCNS(=O)(=O)c1c(N)cc(Br)cc1Br. The molecule has 21 heavy (non-hydrogen) atoms. The van der Waals surface area contributed by atoms with Gasteiger partial charge in [0.1, 0.15) is 4.90 Å². The molecule has 8 heteroatoms. The van der Waals surface area contributed by atoms with Gasteiger partial charge in [-0.1, -0.05) is 29.8 Å². The Morgan fingerprint density at radius 1 is 1.24 bits per heavy atom. The van der Waals surface area contributed by atoms with Crippen molar-refractivity contribution in [3.63, 3.8) is 0 Å². The van der Waals surface area contributed by atoms with Gasteiger partial charge < -0.3 is 10.6 Å². The highest BCUT2D eigenvalue weighted by molar-refractivity contribution is 9.11. The molecule has 0 saturated heterocycles. The highest BCUT2D eigenvalue weighted by Crippen LogP contribution is 2.31. The maximum Gasteiger partial charge on any atom is 0.243 e. The molecule has 0 heterocycles. The standard InChI is InChI=1S/C13H21Br2N3O2S/c1-3-6-18(4-2)7-5-17-21(19,20)13-11(15)8-10(14)9-12(13)16/h8-9,17H,3-7,16H2,1-2H3. The van der Waals surface area contributed by atoms with Crippen molar-refractivity contribution in [2.75, 3.05) is 31.9 Å². The zero-order chi connectivity index (χ0) is 16.0. The Balaban J connectivity index is 2.79. The molecule has 1 aromatic carbocycles. The second-order valence-electron chi connectivity index (χ2n) is 4.64. The number of sulfonamides is 1. The predicted molar refractivity (Wildman–Crippen MR) is 93.8 cm³/mol. The fourth-order valence-electron chi connectivity index (χ4n) is 2.02. The molecule has 1 rings (SSSR count). The van der Waals surface area contributed by atoms with Crippen LogP contribution < -0.4 is 10.5 Å². The van der Waals surface area contributed by atoms with E-state index < -0.39 is 10.0 Å². The molecule has 0 fully saturated rings. The van der Waals surface area contributed by atoms with Gasteiger partial charge in [-0.15, -0.1) is 0 Å². The fourth-order valence-corrected chi connectivity index (χ4v) is 5.11. The zero-order valence-electron chi connectivity index (χ0n) is 12.2. The number of nitrogen functional groups attached to an aromatic ring is 1. The Morgan fingerprint density at radius 2 is 1.90 bits per heavy atom. The lowest BCUT2D eigenvalue weighted by molar-refractivity contribution is 0.293. The van der Waals surface area contributed by atoms with E-state index in [2.05, 4.69) is 55.3 Å². The Morgan fingerprint density at radius 3 is 2.43 bits per heavy atom. The average molecular weight is 443 g/mol. The van der Waals surface area contributed by atoms with E-state index in [-0.39, 0.29) is 10.6 Å². The predicted octanol–water partition coefficient (Wildman–Crippen LogP) is 2.80. The average Bonchev–Trinajstić information content (AvgIpc) is 2.35. The van der Waals surface area contributed by atoms with Crippen LogP contribution in [0, 0.1) is 0 Å². The van der Waals surface area contributed by atoms with Crippen LogP contribution in [0.15, 0.2) is 26.0 Å². The third kappa shape index (κ3) is 5.52. The van der Waals surface area contributed by atoms with E-state index in [1.807, 2.05) is 0 Å². The van der Waals surface area contributed by atoms with Gasteiger partial charge in [0.25, 0.3) is 0 Å². The van der Waals surface area contributed by atoms with E-state index in [4.69, 9.17) is 5.73 Å². The van der Waals surface area contributed by atoms with E-state index in [0.29, 0.717) is 17.6 Å². The van der Waals surface area contributed by atoms with Crippen molar-refractivity contribution in [1.29, 1.82) is 0 Å². The van der Waals surface area contributed by atoms with Crippen LogP contribution in [0.25, 0.3) is 0 Å². The van der Waals surface area contributed by atoms with Crippen LogP contribution in [0.2, 0.25) is 0 Å². The summed E-state index contributed by atoms with van der Waals surface area (Å²) < 4.78 is 28.5. The molecule has 0 bridgehead atoms. The molecule has 0 aromatic heterocycles. The summed E-state index contributed by atoms with van der Waals surface area (Å²) in [7, 11) is -3.63. The zero-order valence-corrected chi connectivity index (χ0v) is 16.2. The lowest BCUT2D eigenvalue weighted by Crippen LogP contribution is -2.35. The third-order valence-corrected chi connectivity index (χ3v) is 5.94. The molecule has 3 N–H and O–H groups in total. The fraction of sp³-hybridized carbons (Fsp3) is 0.538. The number of halogens is 2. The first-order valence-corrected chi connectivity index (χ1v) is 9.85. The number of hydrogen-bond acceptors (Lipinski definition) is 4. The maximum atomic E-state index is 12.4. The van der Waals surface area contributed by atoms with Crippen molar-refractivity contribution >= 4 is 47.6 Å². The van der Waals surface area contributed by atoms with Crippen LogP contribution in [-0.2, 0) is 10.0 Å². The monoisotopic (exact) mass is 441 g/mol. The van der Waals surface area contributed by atoms with E-state index in [0.717, 1.165) is 24.0 Å². The molecule has 0 unspecified atom stereocenters. The van der Waals surface area contributed by atoms with E-state index in [1.165, 1.54) is 0 Å². The van der Waals surface area contributed by atoms with Crippen LogP contribution in [-0.4, -0.2) is 39.5 Å². The summed E-state index contributed by atoms with van der Waals surface area (Å²) in [5.41, 5.74) is 6.04. The van der Waals surface area contributed by atoms with Crippen LogP contribution in [0.1, 0.15) is 20.3 Å². The van der Waals surface area contributed by atoms with Gasteiger partial charge in [0.15, 0.2) is 0 Å². The van der Waals surface area contributed by atoms with Crippen LogP contribution in [0.5, 0.6) is 0 Å². The van der Waals surface area contributed by atoms with Gasteiger partial charge >= 0.3 is 0 Å². The topological polar surface area (TPSA) is 75.4 Å². The smallest absolute Gasteiger partial charge is 0.243 e. The number of hydrogen-bond donors (Lipinski definition) is 2. The molecule has 5 nitrogen and oxygen atoms in total. The Bertz CT molecular complexity index is 556. The molecule has 0 aliphatic rings. The molecular weight excluding hydrogens is 422 g/mol. The van der Waals surface area contributed by atoms with Crippen molar-refractivity contribution in [2.24, 2.45) is 0 Å². The van der Waals surface area contributed by atoms with Gasteiger partial charge in [-0.05, 0) is 47.6 Å². The second-order valence-corrected chi connectivity index (χ2v) is 8.11. The van der Waals surface area contributed by atoms with Gasteiger partial charge in [-0.25, -0.2) is 13.1 Å². The lowest BCUT2D eigenvalue weighted by Gasteiger charge is -2.20. The number of nitrogens with two attached hydrogens (primary N) is 1. The number of likely N-dealkylation sites (N-methyl/N-ethyl adjacent to an activating group) is 1. The largest absolute Gasteiger partial charge is 0.398 e. The molecule has 120 valence electrons. The van der Waals surface area contributed by atoms with Gasteiger partial charge in [-0.2, -0.15) is 0 Å². The molecule has 0 atom stereocenters. The van der Waals surface area contributed by atoms with Crippen LogP contribution in [0.3, 0.4) is 0 Å². The molecular formula is C13H21Br2N3O2S. The van der Waals surface area contributed by atoms with Gasteiger partial charge in [0.2, 0.25) is 10.0 Å². The minimum absolute atomic E-state index is 0.0873. The minimum Gasteiger partial charge on any atom is -0.398 e. The quantitative estimate of drug-likeness (QED) is 0.607. The summed E-state index contributed by atoms with van der Waals surface area (Å²) in [6, 6.07) is 3.25. The van der Waals surface area contributed by atoms with Crippen molar-refractivity contribution in [3.05, 3.63) is 21.1 Å². The number of anilines is 1. The lowest BCUT2D eigenvalue weighted by atomic mass is 10.3. The third-order valence-electron chi connectivity index (χ3n) is 3.01. The van der Waals surface area contributed by atoms with Crippen molar-refractivity contribution in [1.82, 2.24) is 9.62 Å². The highest BCUT2D eigenvalue weighted by atomic mass is 79.9. The maximum absolute atomic E-state index is 12.4. The summed E-state index contributed by atoms with van der Waals surface area (Å²) in [5.74, 6) is 0.